The van der Waals surface area contributed by atoms with Crippen molar-refractivity contribution in [3.63, 3.8) is 0 Å². The molecular formula is C45H26N4O3. The van der Waals surface area contributed by atoms with E-state index in [1.807, 2.05) is 115 Å². The Balaban J connectivity index is 1.06. The number of furan rings is 1. The lowest BCUT2D eigenvalue weighted by molar-refractivity contribution is 0.446. The van der Waals surface area contributed by atoms with Gasteiger partial charge in [-0.3, -0.25) is 4.90 Å². The normalized spacial score (nSPS) is 12.5. The summed E-state index contributed by atoms with van der Waals surface area (Å²) in [6, 6.07) is 52.8. The van der Waals surface area contributed by atoms with Gasteiger partial charge in [-0.25, -0.2) is 15.0 Å². The van der Waals surface area contributed by atoms with Crippen molar-refractivity contribution >= 4 is 39.0 Å². The second-order valence-electron chi connectivity index (χ2n) is 12.8. The van der Waals surface area contributed by atoms with E-state index in [0.29, 0.717) is 17.5 Å². The number of benzene rings is 7. The number of anilines is 3. The Morgan fingerprint density at radius 3 is 1.77 bits per heavy atom. The van der Waals surface area contributed by atoms with Gasteiger partial charge in [0.15, 0.2) is 40.5 Å². The largest absolute Gasteiger partial charge is 0.456 e. The second kappa shape index (κ2) is 11.1. The van der Waals surface area contributed by atoms with E-state index in [9.17, 15) is 0 Å². The summed E-state index contributed by atoms with van der Waals surface area (Å²) < 4.78 is 19.2. The van der Waals surface area contributed by atoms with Gasteiger partial charge in [-0.2, -0.15) is 0 Å². The Labute approximate surface area is 298 Å². The smallest absolute Gasteiger partial charge is 0.164 e. The summed E-state index contributed by atoms with van der Waals surface area (Å²) in [4.78, 5) is 17.2. The molecule has 7 heteroatoms. The Hall–Kier alpha value is -7.25. The summed E-state index contributed by atoms with van der Waals surface area (Å²) in [6.45, 7) is 0. The minimum absolute atomic E-state index is 0.581. The predicted octanol–water partition coefficient (Wildman–Crippen LogP) is 12.1. The van der Waals surface area contributed by atoms with Gasteiger partial charge in [0.1, 0.15) is 16.9 Å². The number of hydrogen-bond acceptors (Lipinski definition) is 7. The highest BCUT2D eigenvalue weighted by Crippen LogP contribution is 2.59. The molecule has 4 heterocycles. The zero-order chi connectivity index (χ0) is 34.2. The zero-order valence-electron chi connectivity index (χ0n) is 27.5. The van der Waals surface area contributed by atoms with Crippen molar-refractivity contribution in [3.8, 4) is 68.3 Å². The minimum Gasteiger partial charge on any atom is -0.456 e. The number of hydrogen-bond donors (Lipinski definition) is 0. The van der Waals surface area contributed by atoms with E-state index >= 15 is 0 Å². The van der Waals surface area contributed by atoms with E-state index < -0.39 is 0 Å². The summed E-state index contributed by atoms with van der Waals surface area (Å²) in [5, 5.41) is 1.92. The average molecular weight is 671 g/mol. The number of rotatable bonds is 4. The lowest BCUT2D eigenvalue weighted by Gasteiger charge is -2.37. The molecule has 0 spiro atoms. The summed E-state index contributed by atoms with van der Waals surface area (Å²) in [5.41, 5.74) is 9.15. The third-order valence-corrected chi connectivity index (χ3v) is 9.70. The molecule has 0 unspecified atom stereocenters. The van der Waals surface area contributed by atoms with Gasteiger partial charge in [0.05, 0.1) is 11.4 Å². The topological polar surface area (TPSA) is 73.5 Å². The van der Waals surface area contributed by atoms with Crippen LogP contribution in [0.5, 0.6) is 23.0 Å². The molecule has 0 amide bonds. The highest BCUT2D eigenvalue weighted by atomic mass is 16.5. The monoisotopic (exact) mass is 670 g/mol. The van der Waals surface area contributed by atoms with Gasteiger partial charge in [-0.05, 0) is 65.7 Å². The van der Waals surface area contributed by atoms with E-state index in [1.165, 1.54) is 0 Å². The van der Waals surface area contributed by atoms with Crippen LogP contribution in [-0.2, 0) is 0 Å². The van der Waals surface area contributed by atoms with Crippen molar-refractivity contribution in [2.24, 2.45) is 0 Å². The quantitative estimate of drug-likeness (QED) is 0.184. The van der Waals surface area contributed by atoms with Gasteiger partial charge in [-0.15, -0.1) is 0 Å². The fourth-order valence-corrected chi connectivity index (χ4v) is 7.31. The van der Waals surface area contributed by atoms with Crippen molar-refractivity contribution in [2.75, 3.05) is 4.90 Å². The Bertz CT molecular complexity index is 2810. The Morgan fingerprint density at radius 2 is 1.00 bits per heavy atom. The molecule has 7 nitrogen and oxygen atoms in total. The first-order valence-corrected chi connectivity index (χ1v) is 17.1. The van der Waals surface area contributed by atoms with Crippen LogP contribution in [0.3, 0.4) is 0 Å². The molecule has 52 heavy (non-hydrogen) atoms. The fourth-order valence-electron chi connectivity index (χ4n) is 7.31. The number of para-hydroxylation sites is 3. The molecule has 9 aromatic rings. The molecule has 0 aliphatic carbocycles. The number of aromatic nitrogens is 3. The van der Waals surface area contributed by atoms with Gasteiger partial charge < -0.3 is 13.9 Å². The zero-order valence-corrected chi connectivity index (χ0v) is 27.5. The van der Waals surface area contributed by atoms with Crippen LogP contribution in [0.2, 0.25) is 0 Å². The van der Waals surface area contributed by atoms with E-state index in [4.69, 9.17) is 28.8 Å². The molecule has 0 saturated carbocycles. The van der Waals surface area contributed by atoms with Crippen molar-refractivity contribution in [1.29, 1.82) is 0 Å². The first-order chi connectivity index (χ1) is 25.7. The molecule has 0 atom stereocenters. The number of ether oxygens (including phenoxy) is 2. The van der Waals surface area contributed by atoms with Crippen molar-refractivity contribution in [2.45, 2.75) is 0 Å². The Morgan fingerprint density at radius 1 is 0.404 bits per heavy atom. The molecule has 0 saturated heterocycles. The van der Waals surface area contributed by atoms with Crippen LogP contribution in [-0.4, -0.2) is 15.0 Å². The van der Waals surface area contributed by atoms with E-state index in [1.54, 1.807) is 0 Å². The maximum absolute atomic E-state index is 6.55. The second-order valence-corrected chi connectivity index (χ2v) is 12.8. The highest BCUT2D eigenvalue weighted by Gasteiger charge is 2.34. The predicted molar refractivity (Wildman–Crippen MR) is 204 cm³/mol. The summed E-state index contributed by atoms with van der Waals surface area (Å²) in [5.74, 6) is 4.90. The van der Waals surface area contributed by atoms with E-state index in [2.05, 4.69) is 47.4 Å². The Kier molecular flexibility index (Phi) is 6.12. The van der Waals surface area contributed by atoms with Gasteiger partial charge in [0, 0.05) is 27.5 Å². The maximum Gasteiger partial charge on any atom is 0.164 e. The molecule has 2 aromatic heterocycles. The van der Waals surface area contributed by atoms with Gasteiger partial charge in [0.25, 0.3) is 0 Å². The molecule has 0 fully saturated rings. The minimum atomic E-state index is 0.581. The molecule has 244 valence electrons. The van der Waals surface area contributed by atoms with Crippen LogP contribution >= 0.6 is 0 Å². The van der Waals surface area contributed by atoms with Crippen LogP contribution in [0.15, 0.2) is 162 Å². The molecule has 2 aliphatic heterocycles. The van der Waals surface area contributed by atoms with Crippen molar-refractivity contribution in [3.05, 3.63) is 158 Å². The van der Waals surface area contributed by atoms with Crippen LogP contribution in [0.1, 0.15) is 0 Å². The van der Waals surface area contributed by atoms with Gasteiger partial charge in [-0.1, -0.05) is 103 Å². The van der Waals surface area contributed by atoms with Gasteiger partial charge in [0.2, 0.25) is 0 Å². The maximum atomic E-state index is 6.55. The number of fused-ring (bicyclic) bond motifs is 7. The number of nitrogens with zero attached hydrogens (tertiary/aromatic N) is 4. The van der Waals surface area contributed by atoms with E-state index in [0.717, 1.165) is 89.8 Å². The summed E-state index contributed by atoms with van der Waals surface area (Å²) >= 11 is 0. The summed E-state index contributed by atoms with van der Waals surface area (Å²) in [7, 11) is 0. The molecule has 2 aliphatic rings. The van der Waals surface area contributed by atoms with Gasteiger partial charge >= 0.3 is 0 Å². The third-order valence-electron chi connectivity index (χ3n) is 9.70. The van der Waals surface area contributed by atoms with Crippen LogP contribution in [0.4, 0.5) is 17.1 Å². The molecule has 0 radical (unpaired) electrons. The highest BCUT2D eigenvalue weighted by molar-refractivity contribution is 6.13. The standard InChI is InChI=1S/C45H26N4O3/c1-3-11-27(12-4-1)43-46-44(28-13-5-2-6-14-28)48-45(47-43)31-15-9-18-37-41(31)32-25-29(22-24-35(32)50-37)30-21-23-34-40(26-30)52-39-20-10-19-38-42(39)49(34)33-16-7-8-17-36(33)51-38/h1-26H. The van der Waals surface area contributed by atoms with Crippen LogP contribution < -0.4 is 14.4 Å². The lowest BCUT2D eigenvalue weighted by Crippen LogP contribution is -2.20. The van der Waals surface area contributed by atoms with Crippen LogP contribution in [0, 0.1) is 0 Å². The lowest BCUT2D eigenvalue weighted by atomic mass is 9.99. The van der Waals surface area contributed by atoms with E-state index in [-0.39, 0.29) is 0 Å². The molecule has 11 rings (SSSR count). The summed E-state index contributed by atoms with van der Waals surface area (Å²) in [6.07, 6.45) is 0. The van der Waals surface area contributed by atoms with Crippen LogP contribution in [0.25, 0.3) is 67.2 Å². The average Bonchev–Trinajstić information content (AvgIpc) is 3.59. The SMILES string of the molecule is c1ccc(-c2nc(-c3ccccc3)nc(-c3cccc4oc5ccc(-c6ccc7c(c6)Oc6cccc8c6N7c6ccccc6O8)cc5c34)n2)cc1. The third kappa shape index (κ3) is 4.43. The molecular weight excluding hydrogens is 645 g/mol. The van der Waals surface area contributed by atoms with Crippen molar-refractivity contribution in [1.82, 2.24) is 15.0 Å². The van der Waals surface area contributed by atoms with Crippen molar-refractivity contribution < 1.29 is 13.9 Å². The molecule has 0 N–H and O–H groups in total. The first kappa shape index (κ1) is 28.6. The molecule has 7 aromatic carbocycles. The first-order valence-electron chi connectivity index (χ1n) is 17.1. The molecule has 0 bridgehead atoms. The fraction of sp³-hybridized carbons (Fsp3) is 0.